The molecule has 0 N–H and O–H groups in total. The number of carbonyl (C=O) groups excluding carboxylic acids is 1. The van der Waals surface area contributed by atoms with Crippen LogP contribution in [0.3, 0.4) is 0 Å². The molecule has 1 saturated carbocycles. The Balaban J connectivity index is 2.08. The zero-order valence-corrected chi connectivity index (χ0v) is 12.8. The standard InChI is InChI=1S/C17H20ClNO/c1-17(8-4-3-5-9-17)16(20)14-11-19(2)15-10-12(18)6-7-13(14)15/h6-7,10-11H,3-5,8-9H2,1-2H3. The Kier molecular flexibility index (Phi) is 3.37. The number of hydrogen-bond acceptors (Lipinski definition) is 1. The van der Waals surface area contributed by atoms with E-state index in [1.54, 1.807) is 0 Å². The van der Waals surface area contributed by atoms with E-state index in [0.717, 1.165) is 29.3 Å². The van der Waals surface area contributed by atoms with E-state index >= 15 is 0 Å². The van der Waals surface area contributed by atoms with Crippen LogP contribution in [0, 0.1) is 5.41 Å². The molecule has 0 spiro atoms. The molecule has 0 atom stereocenters. The molecule has 1 aromatic heterocycles. The summed E-state index contributed by atoms with van der Waals surface area (Å²) < 4.78 is 2.00. The monoisotopic (exact) mass is 289 g/mol. The second kappa shape index (κ2) is 4.92. The molecular formula is C17H20ClNO. The molecule has 0 unspecified atom stereocenters. The lowest BCUT2D eigenvalue weighted by Gasteiger charge is -2.31. The third kappa shape index (κ3) is 2.16. The van der Waals surface area contributed by atoms with Gasteiger partial charge in [0.15, 0.2) is 5.78 Å². The number of hydrogen-bond donors (Lipinski definition) is 0. The fourth-order valence-corrected chi connectivity index (χ4v) is 3.59. The number of aromatic nitrogens is 1. The maximum atomic E-state index is 13.0. The number of fused-ring (bicyclic) bond motifs is 1. The third-order valence-electron chi connectivity index (χ3n) is 4.70. The second-order valence-corrected chi connectivity index (χ2v) is 6.70. The number of halogens is 1. The Bertz CT molecular complexity index is 665. The van der Waals surface area contributed by atoms with Gasteiger partial charge in [-0.2, -0.15) is 0 Å². The van der Waals surface area contributed by atoms with Crippen molar-refractivity contribution in [2.45, 2.75) is 39.0 Å². The minimum atomic E-state index is -0.188. The SMILES string of the molecule is Cn1cc(C(=O)C2(C)CCCCC2)c2ccc(Cl)cc21. The van der Waals surface area contributed by atoms with Crippen LogP contribution < -0.4 is 0 Å². The highest BCUT2D eigenvalue weighted by Gasteiger charge is 2.36. The summed E-state index contributed by atoms with van der Waals surface area (Å²) in [6, 6.07) is 5.76. The van der Waals surface area contributed by atoms with Crippen LogP contribution in [-0.2, 0) is 7.05 Å². The highest BCUT2D eigenvalue weighted by molar-refractivity contribution is 6.31. The quantitative estimate of drug-likeness (QED) is 0.714. The van der Waals surface area contributed by atoms with Gasteiger partial charge in [0.2, 0.25) is 0 Å². The number of benzene rings is 1. The van der Waals surface area contributed by atoms with Gasteiger partial charge in [0.1, 0.15) is 0 Å². The Hall–Kier alpha value is -1.28. The summed E-state index contributed by atoms with van der Waals surface area (Å²) in [5.41, 5.74) is 1.69. The summed E-state index contributed by atoms with van der Waals surface area (Å²) in [4.78, 5) is 13.0. The fraction of sp³-hybridized carbons (Fsp3) is 0.471. The highest BCUT2D eigenvalue weighted by atomic mass is 35.5. The first kappa shape index (κ1) is 13.7. The number of nitrogens with zero attached hydrogens (tertiary/aromatic N) is 1. The van der Waals surface area contributed by atoms with E-state index in [4.69, 9.17) is 11.6 Å². The smallest absolute Gasteiger partial charge is 0.170 e. The van der Waals surface area contributed by atoms with E-state index in [1.807, 2.05) is 36.0 Å². The highest BCUT2D eigenvalue weighted by Crippen LogP contribution is 2.40. The topological polar surface area (TPSA) is 22.0 Å². The van der Waals surface area contributed by atoms with Crippen LogP contribution in [0.25, 0.3) is 10.9 Å². The van der Waals surface area contributed by atoms with Crippen molar-refractivity contribution in [1.29, 1.82) is 0 Å². The van der Waals surface area contributed by atoms with Crippen molar-refractivity contribution in [3.05, 3.63) is 35.0 Å². The summed E-state index contributed by atoms with van der Waals surface area (Å²) in [5, 5.41) is 1.73. The zero-order valence-electron chi connectivity index (χ0n) is 12.1. The molecule has 3 heteroatoms. The molecule has 1 aromatic carbocycles. The van der Waals surface area contributed by atoms with E-state index < -0.39 is 0 Å². The van der Waals surface area contributed by atoms with Gasteiger partial charge < -0.3 is 4.57 Å². The third-order valence-corrected chi connectivity index (χ3v) is 4.94. The van der Waals surface area contributed by atoms with Crippen LogP contribution in [0.15, 0.2) is 24.4 Å². The largest absolute Gasteiger partial charge is 0.350 e. The molecule has 0 amide bonds. The van der Waals surface area contributed by atoms with Crippen molar-refractivity contribution in [1.82, 2.24) is 4.57 Å². The molecule has 20 heavy (non-hydrogen) atoms. The Labute approximate surface area is 124 Å². The number of aryl methyl sites for hydroxylation is 1. The predicted octanol–water partition coefficient (Wildman–Crippen LogP) is 4.98. The molecule has 0 saturated heterocycles. The Morgan fingerprint density at radius 3 is 2.65 bits per heavy atom. The van der Waals surface area contributed by atoms with E-state index in [-0.39, 0.29) is 5.41 Å². The first-order chi connectivity index (χ1) is 9.51. The molecule has 1 heterocycles. The minimum absolute atomic E-state index is 0.188. The Morgan fingerprint density at radius 2 is 1.95 bits per heavy atom. The summed E-state index contributed by atoms with van der Waals surface area (Å²) in [5.74, 6) is 0.296. The first-order valence-corrected chi connectivity index (χ1v) is 7.68. The van der Waals surface area contributed by atoms with Gasteiger partial charge in [0, 0.05) is 40.1 Å². The van der Waals surface area contributed by atoms with Gasteiger partial charge in [-0.15, -0.1) is 0 Å². The molecule has 3 rings (SSSR count). The van der Waals surface area contributed by atoms with Gasteiger partial charge in [-0.25, -0.2) is 0 Å². The Morgan fingerprint density at radius 1 is 1.25 bits per heavy atom. The van der Waals surface area contributed by atoms with E-state index in [9.17, 15) is 4.79 Å². The summed E-state index contributed by atoms with van der Waals surface area (Å²) in [6.07, 6.45) is 7.57. The van der Waals surface area contributed by atoms with E-state index in [1.165, 1.54) is 19.3 Å². The van der Waals surface area contributed by atoms with Crippen molar-refractivity contribution in [2.24, 2.45) is 12.5 Å². The first-order valence-electron chi connectivity index (χ1n) is 7.31. The minimum Gasteiger partial charge on any atom is -0.350 e. The molecule has 106 valence electrons. The zero-order chi connectivity index (χ0) is 14.3. The molecule has 1 aliphatic carbocycles. The molecule has 2 aromatic rings. The molecule has 0 aliphatic heterocycles. The second-order valence-electron chi connectivity index (χ2n) is 6.27. The average Bonchev–Trinajstić information content (AvgIpc) is 2.76. The lowest BCUT2D eigenvalue weighted by atomic mass is 9.71. The van der Waals surface area contributed by atoms with Crippen molar-refractivity contribution in [3.63, 3.8) is 0 Å². The van der Waals surface area contributed by atoms with Crippen LogP contribution in [0.5, 0.6) is 0 Å². The maximum absolute atomic E-state index is 13.0. The molecule has 1 fully saturated rings. The van der Waals surface area contributed by atoms with Crippen molar-refractivity contribution in [3.8, 4) is 0 Å². The van der Waals surface area contributed by atoms with Crippen molar-refractivity contribution in [2.75, 3.05) is 0 Å². The van der Waals surface area contributed by atoms with Crippen molar-refractivity contribution >= 4 is 28.3 Å². The fourth-order valence-electron chi connectivity index (χ4n) is 3.42. The van der Waals surface area contributed by atoms with Gasteiger partial charge in [-0.05, 0) is 25.0 Å². The van der Waals surface area contributed by atoms with Gasteiger partial charge in [-0.1, -0.05) is 43.9 Å². The van der Waals surface area contributed by atoms with Gasteiger partial charge in [-0.3, -0.25) is 4.79 Å². The average molecular weight is 290 g/mol. The molecule has 2 nitrogen and oxygen atoms in total. The normalized spacial score (nSPS) is 18.4. The molecule has 0 radical (unpaired) electrons. The van der Waals surface area contributed by atoms with Crippen molar-refractivity contribution < 1.29 is 4.79 Å². The van der Waals surface area contributed by atoms with Crippen LogP contribution in [0.2, 0.25) is 5.02 Å². The molecular weight excluding hydrogens is 270 g/mol. The van der Waals surface area contributed by atoms with Gasteiger partial charge in [0.25, 0.3) is 0 Å². The van der Waals surface area contributed by atoms with Crippen LogP contribution in [0.4, 0.5) is 0 Å². The van der Waals surface area contributed by atoms with Gasteiger partial charge in [0.05, 0.1) is 0 Å². The van der Waals surface area contributed by atoms with Crippen LogP contribution >= 0.6 is 11.6 Å². The lowest BCUT2D eigenvalue weighted by Crippen LogP contribution is -2.30. The van der Waals surface area contributed by atoms with E-state index in [0.29, 0.717) is 10.8 Å². The summed E-state index contributed by atoms with van der Waals surface area (Å²) >= 11 is 6.06. The summed E-state index contributed by atoms with van der Waals surface area (Å²) in [7, 11) is 1.97. The van der Waals surface area contributed by atoms with Crippen LogP contribution in [0.1, 0.15) is 49.4 Å². The summed E-state index contributed by atoms with van der Waals surface area (Å²) in [6.45, 7) is 2.13. The maximum Gasteiger partial charge on any atom is 0.170 e. The van der Waals surface area contributed by atoms with Gasteiger partial charge >= 0.3 is 0 Å². The number of rotatable bonds is 2. The van der Waals surface area contributed by atoms with Crippen LogP contribution in [-0.4, -0.2) is 10.4 Å². The molecule has 1 aliphatic rings. The predicted molar refractivity (Wildman–Crippen MR) is 83.5 cm³/mol. The van der Waals surface area contributed by atoms with E-state index in [2.05, 4.69) is 6.92 Å². The number of Topliss-reactive ketones (excluding diaryl/α,β-unsaturated/α-hetero) is 1. The number of ketones is 1. The lowest BCUT2D eigenvalue weighted by molar-refractivity contribution is 0.0751. The molecule has 0 bridgehead atoms. The number of carbonyl (C=O) groups is 1.